The molecule has 0 aromatic carbocycles. The molecule has 4 heteroatoms. The molecule has 0 aromatic rings. The second-order valence-corrected chi connectivity index (χ2v) is 5.31. The van der Waals surface area contributed by atoms with Crippen molar-refractivity contribution >= 4 is 5.91 Å². The highest BCUT2D eigenvalue weighted by Crippen LogP contribution is 2.30. The molecule has 94 valence electrons. The van der Waals surface area contributed by atoms with Crippen LogP contribution in [0.5, 0.6) is 0 Å². The molecule has 0 radical (unpaired) electrons. The van der Waals surface area contributed by atoms with Crippen molar-refractivity contribution in [3.63, 3.8) is 0 Å². The zero-order valence-corrected chi connectivity index (χ0v) is 10.7. The zero-order valence-electron chi connectivity index (χ0n) is 10.7. The molecule has 1 aliphatic rings. The Hall–Kier alpha value is -0.610. The molecule has 1 fully saturated rings. The molecule has 16 heavy (non-hydrogen) atoms. The zero-order chi connectivity index (χ0) is 12.4. The highest BCUT2D eigenvalue weighted by molar-refractivity contribution is 5.84. The maximum atomic E-state index is 12.0. The van der Waals surface area contributed by atoms with E-state index in [1.165, 1.54) is 7.11 Å². The lowest BCUT2D eigenvalue weighted by Gasteiger charge is -2.33. The van der Waals surface area contributed by atoms with Crippen LogP contribution in [0, 0.1) is 0 Å². The Kier molecular flexibility index (Phi) is 3.97. The number of likely N-dealkylation sites (N-methyl/N-ethyl adjacent to an activating group) is 1. The van der Waals surface area contributed by atoms with Gasteiger partial charge >= 0.3 is 0 Å². The van der Waals surface area contributed by atoms with Crippen molar-refractivity contribution in [2.45, 2.75) is 50.7 Å². The molecule has 4 nitrogen and oxygen atoms in total. The van der Waals surface area contributed by atoms with Gasteiger partial charge < -0.3 is 14.7 Å². The summed E-state index contributed by atoms with van der Waals surface area (Å²) in [5.41, 5.74) is -1.50. The number of hydrogen-bond donors (Lipinski definition) is 1. The highest BCUT2D eigenvalue weighted by Gasteiger charge is 2.37. The third-order valence-corrected chi connectivity index (χ3v) is 3.44. The van der Waals surface area contributed by atoms with Gasteiger partial charge in [0.05, 0.1) is 5.60 Å². The largest absolute Gasteiger partial charge is 0.388 e. The minimum absolute atomic E-state index is 0.0877. The summed E-state index contributed by atoms with van der Waals surface area (Å²) in [6, 6.07) is 0. The van der Waals surface area contributed by atoms with Crippen LogP contribution in [0.4, 0.5) is 0 Å². The number of rotatable bonds is 4. The molecular weight excluding hydrogens is 206 g/mol. The van der Waals surface area contributed by atoms with E-state index >= 15 is 0 Å². The van der Waals surface area contributed by atoms with Gasteiger partial charge in [-0.3, -0.25) is 4.79 Å². The lowest BCUT2D eigenvalue weighted by atomic mass is 10.0. The first-order chi connectivity index (χ1) is 7.31. The Bertz CT molecular complexity index is 257. The summed E-state index contributed by atoms with van der Waals surface area (Å²) in [4.78, 5) is 13.6. The van der Waals surface area contributed by atoms with Crippen LogP contribution in [0.1, 0.15) is 39.5 Å². The van der Waals surface area contributed by atoms with E-state index in [4.69, 9.17) is 4.74 Å². The fraction of sp³-hybridized carbons (Fsp3) is 0.917. The topological polar surface area (TPSA) is 49.8 Å². The van der Waals surface area contributed by atoms with E-state index in [1.807, 2.05) is 0 Å². The molecule has 0 spiro atoms. The average Bonchev–Trinajstić information content (AvgIpc) is 2.63. The first-order valence-electron chi connectivity index (χ1n) is 5.84. The van der Waals surface area contributed by atoms with Crippen LogP contribution in [0.25, 0.3) is 0 Å². The third kappa shape index (κ3) is 2.95. The smallest absolute Gasteiger partial charge is 0.254 e. The van der Waals surface area contributed by atoms with Crippen LogP contribution < -0.4 is 0 Å². The number of amides is 1. The van der Waals surface area contributed by atoms with Gasteiger partial charge in [-0.05, 0) is 26.7 Å². The third-order valence-electron chi connectivity index (χ3n) is 3.44. The summed E-state index contributed by atoms with van der Waals surface area (Å²) in [6.45, 7) is 3.88. The summed E-state index contributed by atoms with van der Waals surface area (Å²) < 4.78 is 5.15. The molecule has 0 unspecified atom stereocenters. The number of carbonyl (C=O) groups excluding carboxylic acids is 1. The Balaban J connectivity index is 2.58. The number of carbonyl (C=O) groups is 1. The Morgan fingerprint density at radius 3 is 2.38 bits per heavy atom. The molecule has 1 rings (SSSR count). The average molecular weight is 229 g/mol. The molecule has 1 amide bonds. The van der Waals surface area contributed by atoms with Gasteiger partial charge in [-0.15, -0.1) is 0 Å². The monoisotopic (exact) mass is 229 g/mol. The summed E-state index contributed by atoms with van der Waals surface area (Å²) in [5.74, 6) is -0.0877. The minimum atomic E-state index is -0.816. The Labute approximate surface area is 97.6 Å². The van der Waals surface area contributed by atoms with Crippen molar-refractivity contribution in [2.75, 3.05) is 20.7 Å². The predicted octanol–water partition coefficient (Wildman–Crippen LogP) is 1.17. The molecule has 0 heterocycles. The van der Waals surface area contributed by atoms with Gasteiger partial charge in [-0.1, -0.05) is 12.8 Å². The van der Waals surface area contributed by atoms with E-state index in [-0.39, 0.29) is 5.91 Å². The lowest BCUT2D eigenvalue weighted by molar-refractivity contribution is -0.152. The van der Waals surface area contributed by atoms with Crippen molar-refractivity contribution in [2.24, 2.45) is 0 Å². The summed E-state index contributed by atoms with van der Waals surface area (Å²) in [7, 11) is 3.25. The van der Waals surface area contributed by atoms with Crippen molar-refractivity contribution in [3.8, 4) is 0 Å². The highest BCUT2D eigenvalue weighted by atomic mass is 16.5. The standard InChI is InChI=1S/C12H23NO3/c1-11(2,16-4)10(14)13(3)9-12(15)7-5-6-8-12/h15H,5-9H2,1-4H3. The van der Waals surface area contributed by atoms with E-state index in [9.17, 15) is 9.90 Å². The molecule has 0 saturated heterocycles. The molecule has 0 aliphatic heterocycles. The van der Waals surface area contributed by atoms with Crippen LogP contribution in [-0.2, 0) is 9.53 Å². The van der Waals surface area contributed by atoms with Gasteiger partial charge in [-0.2, -0.15) is 0 Å². The van der Waals surface area contributed by atoms with Crippen molar-refractivity contribution in [3.05, 3.63) is 0 Å². The molecule has 1 N–H and O–H groups in total. The van der Waals surface area contributed by atoms with Crippen LogP contribution in [0.3, 0.4) is 0 Å². The fourth-order valence-corrected chi connectivity index (χ4v) is 2.25. The number of nitrogens with zero attached hydrogens (tertiary/aromatic N) is 1. The maximum Gasteiger partial charge on any atom is 0.254 e. The van der Waals surface area contributed by atoms with Crippen molar-refractivity contribution < 1.29 is 14.6 Å². The second kappa shape index (κ2) is 4.72. The normalized spacial score (nSPS) is 19.8. The van der Waals surface area contributed by atoms with Gasteiger partial charge in [0.15, 0.2) is 0 Å². The van der Waals surface area contributed by atoms with E-state index < -0.39 is 11.2 Å². The first-order valence-corrected chi connectivity index (χ1v) is 5.84. The Morgan fingerprint density at radius 2 is 1.94 bits per heavy atom. The van der Waals surface area contributed by atoms with Gasteiger partial charge in [0, 0.05) is 20.7 Å². The molecule has 1 saturated carbocycles. The van der Waals surface area contributed by atoms with Crippen molar-refractivity contribution in [1.29, 1.82) is 0 Å². The van der Waals surface area contributed by atoms with Crippen LogP contribution >= 0.6 is 0 Å². The van der Waals surface area contributed by atoms with E-state index in [0.29, 0.717) is 6.54 Å². The number of aliphatic hydroxyl groups is 1. The molecule has 0 bridgehead atoms. The molecular formula is C12H23NO3. The Morgan fingerprint density at radius 1 is 1.44 bits per heavy atom. The van der Waals surface area contributed by atoms with Gasteiger partial charge in [0.25, 0.3) is 5.91 Å². The predicted molar refractivity (Wildman–Crippen MR) is 62.1 cm³/mol. The first kappa shape index (κ1) is 13.5. The summed E-state index contributed by atoms with van der Waals surface area (Å²) in [6.07, 6.45) is 3.68. The quantitative estimate of drug-likeness (QED) is 0.787. The van der Waals surface area contributed by atoms with Crippen LogP contribution in [0.2, 0.25) is 0 Å². The number of ether oxygens (including phenoxy) is 1. The number of methoxy groups -OCH3 is 1. The van der Waals surface area contributed by atoms with Gasteiger partial charge in [0.1, 0.15) is 5.60 Å². The van der Waals surface area contributed by atoms with Crippen molar-refractivity contribution in [1.82, 2.24) is 4.90 Å². The molecule has 1 aliphatic carbocycles. The number of hydrogen-bond acceptors (Lipinski definition) is 3. The van der Waals surface area contributed by atoms with E-state index in [1.54, 1.807) is 25.8 Å². The molecule has 0 aromatic heterocycles. The van der Waals surface area contributed by atoms with Crippen LogP contribution in [0.15, 0.2) is 0 Å². The summed E-state index contributed by atoms with van der Waals surface area (Å²) >= 11 is 0. The maximum absolute atomic E-state index is 12.0. The SMILES string of the molecule is COC(C)(C)C(=O)N(C)CC1(O)CCCC1. The molecule has 0 atom stereocenters. The second-order valence-electron chi connectivity index (χ2n) is 5.31. The van der Waals surface area contributed by atoms with Crippen LogP contribution in [-0.4, -0.2) is 47.8 Å². The van der Waals surface area contributed by atoms with E-state index in [0.717, 1.165) is 25.7 Å². The van der Waals surface area contributed by atoms with Gasteiger partial charge in [0.2, 0.25) is 0 Å². The fourth-order valence-electron chi connectivity index (χ4n) is 2.25. The van der Waals surface area contributed by atoms with Gasteiger partial charge in [-0.25, -0.2) is 0 Å². The lowest BCUT2D eigenvalue weighted by Crippen LogP contribution is -2.50. The minimum Gasteiger partial charge on any atom is -0.388 e. The summed E-state index contributed by atoms with van der Waals surface area (Å²) in [5, 5.41) is 10.2. The van der Waals surface area contributed by atoms with E-state index in [2.05, 4.69) is 0 Å².